The maximum Gasteiger partial charge on any atom is 0.0823 e. The molecule has 0 aromatic heterocycles. The molecule has 2 heterocycles. The van der Waals surface area contributed by atoms with Crippen molar-refractivity contribution < 1.29 is 0 Å². The van der Waals surface area contributed by atoms with Crippen LogP contribution in [-0.4, -0.2) is 12.1 Å². The Bertz CT molecular complexity index is 450. The number of piperidine rings is 1. The lowest BCUT2D eigenvalue weighted by atomic mass is 9.68. The van der Waals surface area contributed by atoms with Crippen molar-refractivity contribution in [2.24, 2.45) is 5.92 Å². The Morgan fingerprint density at radius 1 is 1.17 bits per heavy atom. The summed E-state index contributed by atoms with van der Waals surface area (Å²) in [5, 5.41) is 13.4. The van der Waals surface area contributed by atoms with Gasteiger partial charge in [0.15, 0.2) is 0 Å². The Hall–Kier alpha value is -1.33. The van der Waals surface area contributed by atoms with E-state index in [1.54, 1.807) is 0 Å². The lowest BCUT2D eigenvalue weighted by molar-refractivity contribution is 0.230. The highest BCUT2D eigenvalue weighted by atomic mass is 15.0. The summed E-state index contributed by atoms with van der Waals surface area (Å²) in [7, 11) is 0. The minimum atomic E-state index is -0.329. The monoisotopic (exact) mass is 240 g/mol. The first-order valence-electron chi connectivity index (χ1n) is 6.95. The number of hydrogen-bond acceptors (Lipinski definition) is 2. The maximum absolute atomic E-state index is 9.71. The predicted octanol–water partition coefficient (Wildman–Crippen LogP) is 3.00. The number of benzene rings is 1. The SMILES string of the molecule is C[C@](C#N)(c1ccccc1)C1C[C@H]2CC[C@H](C1)N2. The van der Waals surface area contributed by atoms with Crippen LogP contribution in [0.1, 0.15) is 38.2 Å². The Morgan fingerprint density at radius 3 is 2.33 bits per heavy atom. The van der Waals surface area contributed by atoms with E-state index in [1.807, 2.05) is 18.2 Å². The largest absolute Gasteiger partial charge is 0.311 e. The Labute approximate surface area is 109 Å². The summed E-state index contributed by atoms with van der Waals surface area (Å²) in [6.07, 6.45) is 4.87. The minimum Gasteiger partial charge on any atom is -0.311 e. The zero-order valence-electron chi connectivity index (χ0n) is 10.9. The summed E-state index contributed by atoms with van der Waals surface area (Å²) in [5.74, 6) is 0.489. The molecular weight excluding hydrogens is 220 g/mol. The van der Waals surface area contributed by atoms with Crippen molar-refractivity contribution in [1.29, 1.82) is 5.26 Å². The van der Waals surface area contributed by atoms with Gasteiger partial charge in [-0.1, -0.05) is 30.3 Å². The summed E-state index contributed by atoms with van der Waals surface area (Å²) >= 11 is 0. The zero-order valence-corrected chi connectivity index (χ0v) is 10.9. The second-order valence-electron chi connectivity index (χ2n) is 5.99. The summed E-state index contributed by atoms with van der Waals surface area (Å²) in [6.45, 7) is 2.12. The molecule has 2 fully saturated rings. The Kier molecular flexibility index (Phi) is 2.87. The van der Waals surface area contributed by atoms with Crippen molar-refractivity contribution in [3.63, 3.8) is 0 Å². The van der Waals surface area contributed by atoms with Gasteiger partial charge >= 0.3 is 0 Å². The van der Waals surface area contributed by atoms with Gasteiger partial charge < -0.3 is 5.32 Å². The average Bonchev–Trinajstić information content (AvgIpc) is 2.77. The van der Waals surface area contributed by atoms with Gasteiger partial charge in [0.25, 0.3) is 0 Å². The second kappa shape index (κ2) is 4.40. The molecule has 2 aliphatic heterocycles. The summed E-state index contributed by atoms with van der Waals surface area (Å²) < 4.78 is 0. The van der Waals surface area contributed by atoms with E-state index in [0.717, 1.165) is 12.8 Å². The average molecular weight is 240 g/mol. The first-order valence-corrected chi connectivity index (χ1v) is 6.95. The molecule has 2 aliphatic rings. The van der Waals surface area contributed by atoms with Crippen LogP contribution < -0.4 is 5.32 Å². The van der Waals surface area contributed by atoms with E-state index >= 15 is 0 Å². The first kappa shape index (κ1) is 11.7. The van der Waals surface area contributed by atoms with E-state index in [2.05, 4.69) is 30.4 Å². The molecule has 2 saturated heterocycles. The Morgan fingerprint density at radius 2 is 1.78 bits per heavy atom. The topological polar surface area (TPSA) is 35.8 Å². The van der Waals surface area contributed by atoms with Crippen LogP contribution in [0.5, 0.6) is 0 Å². The fourth-order valence-corrected chi connectivity index (χ4v) is 3.70. The summed E-state index contributed by atoms with van der Waals surface area (Å²) in [6, 6.07) is 14.2. The fourth-order valence-electron chi connectivity index (χ4n) is 3.70. The smallest absolute Gasteiger partial charge is 0.0823 e. The van der Waals surface area contributed by atoms with E-state index in [-0.39, 0.29) is 5.41 Å². The Balaban J connectivity index is 1.90. The number of fused-ring (bicyclic) bond motifs is 2. The van der Waals surface area contributed by atoms with Crippen LogP contribution in [0.15, 0.2) is 30.3 Å². The molecule has 0 radical (unpaired) electrons. The van der Waals surface area contributed by atoms with Crippen LogP contribution in [0.2, 0.25) is 0 Å². The van der Waals surface area contributed by atoms with Crippen molar-refractivity contribution in [3.8, 4) is 6.07 Å². The lowest BCUT2D eigenvalue weighted by Crippen LogP contribution is -2.44. The third kappa shape index (κ3) is 1.83. The van der Waals surface area contributed by atoms with E-state index < -0.39 is 0 Å². The summed E-state index contributed by atoms with van der Waals surface area (Å²) in [4.78, 5) is 0. The van der Waals surface area contributed by atoms with E-state index in [0.29, 0.717) is 18.0 Å². The van der Waals surface area contributed by atoms with Crippen LogP contribution in [0.25, 0.3) is 0 Å². The second-order valence-corrected chi connectivity index (χ2v) is 5.99. The first-order chi connectivity index (χ1) is 8.72. The van der Waals surface area contributed by atoms with Crippen molar-refractivity contribution in [2.75, 3.05) is 0 Å². The molecule has 18 heavy (non-hydrogen) atoms. The third-order valence-corrected chi connectivity index (χ3v) is 4.90. The van der Waals surface area contributed by atoms with Crippen LogP contribution in [0.3, 0.4) is 0 Å². The number of nitrogens with one attached hydrogen (secondary N) is 1. The van der Waals surface area contributed by atoms with Gasteiger partial charge in [-0.05, 0) is 44.1 Å². The van der Waals surface area contributed by atoms with Gasteiger partial charge in [-0.15, -0.1) is 0 Å². The number of nitriles is 1. The molecule has 2 heteroatoms. The van der Waals surface area contributed by atoms with Crippen molar-refractivity contribution in [1.82, 2.24) is 5.32 Å². The minimum absolute atomic E-state index is 0.329. The van der Waals surface area contributed by atoms with Crippen LogP contribution in [0.4, 0.5) is 0 Å². The van der Waals surface area contributed by atoms with Crippen LogP contribution >= 0.6 is 0 Å². The molecule has 1 N–H and O–H groups in total. The van der Waals surface area contributed by atoms with Gasteiger partial charge in [0.2, 0.25) is 0 Å². The zero-order chi connectivity index (χ0) is 12.6. The standard InChI is InChI=1S/C16H20N2/c1-16(11-17,12-5-3-2-4-6-12)13-9-14-7-8-15(10-13)18-14/h2-6,13-15,18H,7-10H2,1H3/t14-,15-,16+/m1/s1. The molecule has 2 bridgehead atoms. The number of rotatable bonds is 2. The lowest BCUT2D eigenvalue weighted by Gasteiger charge is -2.38. The molecule has 0 spiro atoms. The molecule has 0 unspecified atom stereocenters. The molecule has 0 amide bonds. The van der Waals surface area contributed by atoms with Crippen LogP contribution in [0, 0.1) is 17.2 Å². The number of hydrogen-bond donors (Lipinski definition) is 1. The highest BCUT2D eigenvalue weighted by molar-refractivity contribution is 5.33. The molecule has 1 aromatic rings. The van der Waals surface area contributed by atoms with Gasteiger partial charge in [0.05, 0.1) is 11.5 Å². The molecule has 94 valence electrons. The fraction of sp³-hybridized carbons (Fsp3) is 0.562. The molecule has 3 rings (SSSR count). The van der Waals surface area contributed by atoms with Crippen molar-refractivity contribution >= 4 is 0 Å². The normalized spacial score (nSPS) is 33.7. The molecule has 2 nitrogen and oxygen atoms in total. The molecule has 3 atom stereocenters. The third-order valence-electron chi connectivity index (χ3n) is 4.90. The van der Waals surface area contributed by atoms with E-state index in [1.165, 1.54) is 18.4 Å². The molecule has 0 saturated carbocycles. The maximum atomic E-state index is 9.71. The van der Waals surface area contributed by atoms with Gasteiger partial charge in [-0.25, -0.2) is 0 Å². The molecule has 1 aromatic carbocycles. The highest BCUT2D eigenvalue weighted by Gasteiger charge is 2.43. The van der Waals surface area contributed by atoms with Crippen LogP contribution in [-0.2, 0) is 5.41 Å². The predicted molar refractivity (Wildman–Crippen MR) is 72.1 cm³/mol. The van der Waals surface area contributed by atoms with E-state index in [9.17, 15) is 5.26 Å². The quantitative estimate of drug-likeness (QED) is 0.862. The van der Waals surface area contributed by atoms with Gasteiger partial charge in [0.1, 0.15) is 0 Å². The summed E-state index contributed by atoms with van der Waals surface area (Å²) in [5.41, 5.74) is 0.850. The van der Waals surface area contributed by atoms with Crippen molar-refractivity contribution in [3.05, 3.63) is 35.9 Å². The molecule has 0 aliphatic carbocycles. The van der Waals surface area contributed by atoms with E-state index in [4.69, 9.17) is 0 Å². The van der Waals surface area contributed by atoms with Gasteiger partial charge in [-0.2, -0.15) is 5.26 Å². The number of nitrogens with zero attached hydrogens (tertiary/aromatic N) is 1. The van der Waals surface area contributed by atoms with Gasteiger partial charge in [-0.3, -0.25) is 0 Å². The molecular formula is C16H20N2. The highest BCUT2D eigenvalue weighted by Crippen LogP contribution is 2.42. The van der Waals surface area contributed by atoms with Crippen molar-refractivity contribution in [2.45, 2.75) is 50.1 Å². The van der Waals surface area contributed by atoms with Gasteiger partial charge in [0, 0.05) is 12.1 Å².